The zero-order chi connectivity index (χ0) is 19.0. The molecule has 6 nitrogen and oxygen atoms in total. The van der Waals surface area contributed by atoms with Crippen molar-refractivity contribution in [2.24, 2.45) is 5.92 Å². The molecule has 4 rings (SSSR count). The van der Waals surface area contributed by atoms with E-state index in [-0.39, 0.29) is 42.4 Å². The summed E-state index contributed by atoms with van der Waals surface area (Å²) >= 11 is 6.00. The summed E-state index contributed by atoms with van der Waals surface area (Å²) in [5, 5.41) is 0.342. The van der Waals surface area contributed by atoms with Crippen LogP contribution in [0.25, 0.3) is 0 Å². The SMILES string of the molecule is O=C1CO[C@H]2CCN(C(=O)N3CC(OCc4ccc(F)cc4Cl)C3)C[C@H]2C1. The molecule has 0 saturated carbocycles. The van der Waals surface area contributed by atoms with Crippen molar-refractivity contribution < 1.29 is 23.5 Å². The standard InChI is InChI=1S/C19H22ClFN2O4/c20-17-6-14(21)2-1-12(17)10-26-16-8-23(9-16)19(25)22-4-3-18-13(7-22)5-15(24)11-27-18/h1-2,6,13,16,18H,3-5,7-11H2/t13-,18+/m1/s1. The van der Waals surface area contributed by atoms with Gasteiger partial charge in [-0.3, -0.25) is 4.79 Å². The maximum absolute atomic E-state index is 13.1. The lowest BCUT2D eigenvalue weighted by Crippen LogP contribution is -2.61. The molecular formula is C19H22ClFN2O4. The topological polar surface area (TPSA) is 59.1 Å². The molecule has 1 aromatic rings. The van der Waals surface area contributed by atoms with Crippen molar-refractivity contribution in [3.05, 3.63) is 34.6 Å². The van der Waals surface area contributed by atoms with E-state index in [0.29, 0.717) is 44.2 Å². The predicted molar refractivity (Wildman–Crippen MR) is 96.0 cm³/mol. The third kappa shape index (κ3) is 4.10. The van der Waals surface area contributed by atoms with Crippen molar-refractivity contribution >= 4 is 23.4 Å². The Kier molecular flexibility index (Phi) is 5.34. The molecule has 2 amide bonds. The number of carbonyl (C=O) groups excluding carboxylic acids is 2. The zero-order valence-electron chi connectivity index (χ0n) is 14.9. The van der Waals surface area contributed by atoms with Gasteiger partial charge in [-0.05, 0) is 24.1 Å². The van der Waals surface area contributed by atoms with Gasteiger partial charge in [-0.15, -0.1) is 0 Å². The molecule has 0 unspecified atom stereocenters. The molecule has 0 bridgehead atoms. The van der Waals surface area contributed by atoms with E-state index in [4.69, 9.17) is 21.1 Å². The average molecular weight is 397 g/mol. The fourth-order valence-electron chi connectivity index (χ4n) is 3.90. The number of likely N-dealkylation sites (tertiary alicyclic amines) is 2. The van der Waals surface area contributed by atoms with Crippen molar-refractivity contribution in [1.29, 1.82) is 0 Å². The molecule has 3 aliphatic rings. The van der Waals surface area contributed by atoms with Crippen LogP contribution in [0.4, 0.5) is 9.18 Å². The predicted octanol–water partition coefficient (Wildman–Crippen LogP) is 2.48. The minimum Gasteiger partial charge on any atom is -0.370 e. The highest BCUT2D eigenvalue weighted by Crippen LogP contribution is 2.28. The van der Waals surface area contributed by atoms with Gasteiger partial charge in [0.05, 0.1) is 31.9 Å². The van der Waals surface area contributed by atoms with Crippen LogP contribution < -0.4 is 0 Å². The van der Waals surface area contributed by atoms with Gasteiger partial charge in [0.15, 0.2) is 5.78 Å². The second kappa shape index (κ2) is 7.73. The van der Waals surface area contributed by atoms with Crippen molar-refractivity contribution in [3.8, 4) is 0 Å². The number of hydrogen-bond acceptors (Lipinski definition) is 4. The maximum Gasteiger partial charge on any atom is 0.320 e. The first-order valence-corrected chi connectivity index (χ1v) is 9.60. The lowest BCUT2D eigenvalue weighted by Gasteiger charge is -2.45. The van der Waals surface area contributed by atoms with Crippen LogP contribution in [0.3, 0.4) is 0 Å². The molecule has 1 aromatic carbocycles. The first-order valence-electron chi connectivity index (χ1n) is 9.22. The molecule has 146 valence electrons. The number of benzene rings is 1. The molecule has 0 aliphatic carbocycles. The molecule has 0 spiro atoms. The minimum atomic E-state index is -0.377. The third-order valence-electron chi connectivity index (χ3n) is 5.49. The second-order valence-corrected chi connectivity index (χ2v) is 7.85. The van der Waals surface area contributed by atoms with E-state index in [2.05, 4.69) is 0 Å². The normalized spacial score (nSPS) is 25.9. The largest absolute Gasteiger partial charge is 0.370 e. The van der Waals surface area contributed by atoms with Gasteiger partial charge in [-0.25, -0.2) is 9.18 Å². The van der Waals surface area contributed by atoms with Gasteiger partial charge in [-0.1, -0.05) is 17.7 Å². The number of rotatable bonds is 3. The molecule has 2 atom stereocenters. The number of urea groups is 1. The van der Waals surface area contributed by atoms with Gasteiger partial charge in [0.2, 0.25) is 0 Å². The van der Waals surface area contributed by atoms with Crippen molar-refractivity contribution in [1.82, 2.24) is 9.80 Å². The van der Waals surface area contributed by atoms with Gasteiger partial charge < -0.3 is 19.3 Å². The van der Waals surface area contributed by atoms with Gasteiger partial charge >= 0.3 is 6.03 Å². The number of halogens is 2. The van der Waals surface area contributed by atoms with E-state index >= 15 is 0 Å². The third-order valence-corrected chi connectivity index (χ3v) is 5.84. The summed E-state index contributed by atoms with van der Waals surface area (Å²) in [6.07, 6.45) is 1.32. The lowest BCUT2D eigenvalue weighted by atomic mass is 9.88. The minimum absolute atomic E-state index is 0.00821. The Labute approximate surface area is 162 Å². The first kappa shape index (κ1) is 18.7. The summed E-state index contributed by atoms with van der Waals surface area (Å²) in [7, 11) is 0. The number of piperidine rings is 1. The molecule has 0 radical (unpaired) electrons. The summed E-state index contributed by atoms with van der Waals surface area (Å²) < 4.78 is 24.4. The van der Waals surface area contributed by atoms with E-state index < -0.39 is 0 Å². The highest BCUT2D eigenvalue weighted by Gasteiger charge is 2.40. The fourth-order valence-corrected chi connectivity index (χ4v) is 4.12. The number of nitrogens with zero attached hydrogens (tertiary/aromatic N) is 2. The summed E-state index contributed by atoms with van der Waals surface area (Å²) in [5.41, 5.74) is 0.729. The van der Waals surface area contributed by atoms with Gasteiger partial charge in [0.25, 0.3) is 0 Å². The average Bonchev–Trinajstić information content (AvgIpc) is 2.61. The van der Waals surface area contributed by atoms with Gasteiger partial charge in [-0.2, -0.15) is 0 Å². The van der Waals surface area contributed by atoms with Gasteiger partial charge in [0, 0.05) is 30.5 Å². The van der Waals surface area contributed by atoms with Gasteiger partial charge in [0.1, 0.15) is 12.4 Å². The summed E-state index contributed by atoms with van der Waals surface area (Å²) in [6, 6.07) is 4.22. The molecule has 3 fully saturated rings. The molecule has 3 heterocycles. The Bertz CT molecular complexity index is 740. The number of Topliss-reactive ketones (excluding diaryl/α,β-unsaturated/α-hetero) is 1. The van der Waals surface area contributed by atoms with E-state index in [1.165, 1.54) is 12.1 Å². The summed E-state index contributed by atoms with van der Waals surface area (Å²) in [4.78, 5) is 27.8. The Morgan fingerprint density at radius 1 is 1.30 bits per heavy atom. The van der Waals surface area contributed by atoms with Crippen LogP contribution in [0.2, 0.25) is 5.02 Å². The summed E-state index contributed by atoms with van der Waals surface area (Å²) in [6.45, 7) is 2.77. The van der Waals surface area contributed by atoms with E-state index in [9.17, 15) is 14.0 Å². The number of carbonyl (C=O) groups is 2. The van der Waals surface area contributed by atoms with Crippen molar-refractivity contribution in [2.75, 3.05) is 32.8 Å². The maximum atomic E-state index is 13.1. The van der Waals surface area contributed by atoms with Crippen LogP contribution in [0.1, 0.15) is 18.4 Å². The molecular weight excluding hydrogens is 375 g/mol. The van der Waals surface area contributed by atoms with E-state index in [0.717, 1.165) is 12.0 Å². The number of ketones is 1. The molecule has 27 heavy (non-hydrogen) atoms. The first-order chi connectivity index (χ1) is 13.0. The number of amides is 2. The van der Waals surface area contributed by atoms with Crippen LogP contribution in [-0.2, 0) is 20.9 Å². The second-order valence-electron chi connectivity index (χ2n) is 7.44. The monoisotopic (exact) mass is 396 g/mol. The molecule has 0 N–H and O–H groups in total. The molecule has 0 aromatic heterocycles. The number of fused-ring (bicyclic) bond motifs is 1. The van der Waals surface area contributed by atoms with Crippen molar-refractivity contribution in [2.45, 2.75) is 31.7 Å². The smallest absolute Gasteiger partial charge is 0.320 e. The van der Waals surface area contributed by atoms with Crippen LogP contribution in [0.15, 0.2) is 18.2 Å². The Morgan fingerprint density at radius 2 is 2.11 bits per heavy atom. The van der Waals surface area contributed by atoms with E-state index in [1.54, 1.807) is 11.0 Å². The van der Waals surface area contributed by atoms with Crippen LogP contribution in [0.5, 0.6) is 0 Å². The highest BCUT2D eigenvalue weighted by atomic mass is 35.5. The molecule has 8 heteroatoms. The molecule has 3 saturated heterocycles. The van der Waals surface area contributed by atoms with Crippen LogP contribution >= 0.6 is 11.6 Å². The van der Waals surface area contributed by atoms with Crippen LogP contribution in [-0.4, -0.2) is 66.6 Å². The Balaban J connectivity index is 1.23. The lowest BCUT2D eigenvalue weighted by molar-refractivity contribution is -0.140. The quantitative estimate of drug-likeness (QED) is 0.787. The fraction of sp³-hybridized carbons (Fsp3) is 0.579. The number of ether oxygens (including phenoxy) is 2. The highest BCUT2D eigenvalue weighted by molar-refractivity contribution is 6.31. The summed E-state index contributed by atoms with van der Waals surface area (Å²) in [5.74, 6) is -0.154. The molecule has 3 aliphatic heterocycles. The van der Waals surface area contributed by atoms with Crippen molar-refractivity contribution in [3.63, 3.8) is 0 Å². The zero-order valence-corrected chi connectivity index (χ0v) is 15.7. The van der Waals surface area contributed by atoms with E-state index in [1.807, 2.05) is 4.90 Å². The Hall–Kier alpha value is -1.70. The number of hydrogen-bond donors (Lipinski definition) is 0. The Morgan fingerprint density at radius 3 is 2.89 bits per heavy atom. The van der Waals surface area contributed by atoms with Crippen LogP contribution in [0, 0.1) is 11.7 Å².